The van der Waals surface area contributed by atoms with Gasteiger partial charge < -0.3 is 26.1 Å². The molecule has 33 heavy (non-hydrogen) atoms. The summed E-state index contributed by atoms with van der Waals surface area (Å²) < 4.78 is 11.5. The van der Waals surface area contributed by atoms with Crippen molar-refractivity contribution in [1.82, 2.24) is 4.98 Å². The molecule has 1 heterocycles. The minimum atomic E-state index is 0.0429. The number of benzene rings is 2. The van der Waals surface area contributed by atoms with E-state index in [-0.39, 0.29) is 11.6 Å². The fourth-order valence-corrected chi connectivity index (χ4v) is 4.00. The molecule has 0 radical (unpaired) electrons. The molecule has 0 bridgehead atoms. The quantitative estimate of drug-likeness (QED) is 0.0875. The Labute approximate surface area is 196 Å². The van der Waals surface area contributed by atoms with Gasteiger partial charge in [-0.2, -0.15) is 0 Å². The molecule has 0 fully saturated rings. The summed E-state index contributed by atoms with van der Waals surface area (Å²) in [4.78, 5) is 17.1. The van der Waals surface area contributed by atoms with Gasteiger partial charge >= 0.3 is 0 Å². The lowest BCUT2D eigenvalue weighted by Crippen LogP contribution is -2.12. The molecule has 0 aliphatic carbocycles. The van der Waals surface area contributed by atoms with E-state index in [9.17, 15) is 4.79 Å². The summed E-state index contributed by atoms with van der Waals surface area (Å²) in [6.07, 6.45) is 3.21. The van der Waals surface area contributed by atoms with Gasteiger partial charge in [0, 0.05) is 17.5 Å². The smallest absolute Gasteiger partial charge is 0.181 e. The van der Waals surface area contributed by atoms with Crippen LogP contribution in [0.4, 0.5) is 5.13 Å². The van der Waals surface area contributed by atoms with Gasteiger partial charge in [-0.1, -0.05) is 23.4 Å². The van der Waals surface area contributed by atoms with Crippen LogP contribution in [-0.4, -0.2) is 35.0 Å². The van der Waals surface area contributed by atoms with Gasteiger partial charge in [-0.25, -0.2) is 4.98 Å². The van der Waals surface area contributed by atoms with E-state index < -0.39 is 0 Å². The number of carbonyl (C=O) groups is 1. The Hall–Kier alpha value is -3.59. The third-order valence-electron chi connectivity index (χ3n) is 4.93. The predicted molar refractivity (Wildman–Crippen MR) is 130 cm³/mol. The van der Waals surface area contributed by atoms with Crippen molar-refractivity contribution >= 4 is 28.1 Å². The van der Waals surface area contributed by atoms with Crippen LogP contribution in [0.2, 0.25) is 0 Å². The van der Waals surface area contributed by atoms with E-state index in [2.05, 4.69) is 10.1 Å². The molecule has 9 heteroatoms. The van der Waals surface area contributed by atoms with E-state index in [0.29, 0.717) is 40.9 Å². The fourth-order valence-electron chi connectivity index (χ4n) is 3.13. The molecule has 2 aromatic carbocycles. The van der Waals surface area contributed by atoms with E-state index in [1.807, 2.05) is 31.2 Å². The zero-order valence-corrected chi connectivity index (χ0v) is 19.3. The highest BCUT2D eigenvalue weighted by atomic mass is 32.1. The number of anilines is 1. The summed E-state index contributed by atoms with van der Waals surface area (Å²) in [5, 5.41) is 12.0. The Morgan fingerprint density at radius 1 is 1.00 bits per heavy atom. The monoisotopic (exact) mass is 468 g/mol. The molecule has 0 spiro atoms. The summed E-state index contributed by atoms with van der Waals surface area (Å²) in [6, 6.07) is 14.6. The molecule has 0 unspecified atom stereocenters. The normalized spacial score (nSPS) is 11.4. The number of nitrogen functional groups attached to an aromatic ring is 1. The Balaban J connectivity index is 1.37. The van der Waals surface area contributed by atoms with Crippen LogP contribution in [0.5, 0.6) is 11.5 Å². The van der Waals surface area contributed by atoms with Crippen LogP contribution in [0, 0.1) is 0 Å². The van der Waals surface area contributed by atoms with Crippen LogP contribution in [0.3, 0.4) is 0 Å². The summed E-state index contributed by atoms with van der Waals surface area (Å²) >= 11 is 1.23. The second-order valence-corrected chi connectivity index (χ2v) is 8.33. The second kappa shape index (κ2) is 11.9. The minimum Gasteiger partial charge on any atom is -0.494 e. The molecule has 0 atom stereocenters. The number of Topliss-reactive ketones (excluding diaryl/α,β-unsaturated/α-hetero) is 1. The average molecular weight is 469 g/mol. The third kappa shape index (κ3) is 6.69. The highest BCUT2D eigenvalue weighted by molar-refractivity contribution is 7.17. The maximum Gasteiger partial charge on any atom is 0.181 e. The first-order chi connectivity index (χ1) is 16.0. The standard InChI is InChI=1S/C24H28N4O4S/c1-2-20(29)22-21(27-24(26)33-22)16-6-10-18(11-7-16)31-14-4-3-5-15-32-19-12-8-17(9-13-19)23(25)28-30/h6-13,30H,2-5,14-15H2,1H3,(H2,25,28)(H2,26,27). The van der Waals surface area contributed by atoms with Crippen molar-refractivity contribution in [3.8, 4) is 22.8 Å². The lowest BCUT2D eigenvalue weighted by Gasteiger charge is -2.08. The molecule has 174 valence electrons. The van der Waals surface area contributed by atoms with Crippen molar-refractivity contribution in [2.75, 3.05) is 18.9 Å². The number of rotatable bonds is 12. The molecule has 5 N–H and O–H groups in total. The first kappa shape index (κ1) is 24.1. The zero-order valence-electron chi connectivity index (χ0n) is 18.5. The van der Waals surface area contributed by atoms with Crippen molar-refractivity contribution in [3.63, 3.8) is 0 Å². The molecular formula is C24H28N4O4S. The number of unbranched alkanes of at least 4 members (excludes halogenated alkanes) is 2. The van der Waals surface area contributed by atoms with Gasteiger partial charge in [0.15, 0.2) is 16.8 Å². The van der Waals surface area contributed by atoms with Crippen LogP contribution in [0.15, 0.2) is 53.7 Å². The van der Waals surface area contributed by atoms with Gasteiger partial charge in [-0.15, -0.1) is 0 Å². The van der Waals surface area contributed by atoms with Crippen LogP contribution in [-0.2, 0) is 0 Å². The van der Waals surface area contributed by atoms with Crippen molar-refractivity contribution in [3.05, 3.63) is 59.0 Å². The molecule has 0 saturated carbocycles. The molecule has 0 amide bonds. The van der Waals surface area contributed by atoms with Crippen molar-refractivity contribution in [2.24, 2.45) is 10.9 Å². The summed E-state index contributed by atoms with van der Waals surface area (Å²) in [5.41, 5.74) is 13.5. The van der Waals surface area contributed by atoms with Crippen LogP contribution in [0.25, 0.3) is 11.3 Å². The molecule has 0 aliphatic heterocycles. The lowest BCUT2D eigenvalue weighted by atomic mass is 10.1. The van der Waals surface area contributed by atoms with Crippen LogP contribution in [0.1, 0.15) is 47.8 Å². The fraction of sp³-hybridized carbons (Fsp3) is 0.292. The number of carbonyl (C=O) groups excluding carboxylic acids is 1. The average Bonchev–Trinajstić information content (AvgIpc) is 3.24. The number of aromatic nitrogens is 1. The molecule has 1 aromatic heterocycles. The summed E-state index contributed by atoms with van der Waals surface area (Å²) in [5.74, 6) is 1.63. The van der Waals surface area contributed by atoms with Gasteiger partial charge in [-0.3, -0.25) is 4.79 Å². The Morgan fingerprint density at radius 2 is 1.58 bits per heavy atom. The number of hydrogen-bond donors (Lipinski definition) is 3. The molecular weight excluding hydrogens is 440 g/mol. The molecule has 0 aliphatic rings. The largest absolute Gasteiger partial charge is 0.494 e. The number of nitrogens with zero attached hydrogens (tertiary/aromatic N) is 2. The van der Waals surface area contributed by atoms with Crippen molar-refractivity contribution < 1.29 is 19.5 Å². The first-order valence-corrected chi connectivity index (χ1v) is 11.6. The second-order valence-electron chi connectivity index (χ2n) is 7.30. The molecule has 8 nitrogen and oxygen atoms in total. The van der Waals surface area contributed by atoms with E-state index in [1.165, 1.54) is 11.3 Å². The Bertz CT molecular complexity index is 1080. The number of ketones is 1. The van der Waals surface area contributed by atoms with Crippen LogP contribution >= 0.6 is 11.3 Å². The van der Waals surface area contributed by atoms with E-state index in [0.717, 1.165) is 36.3 Å². The number of oxime groups is 1. The lowest BCUT2D eigenvalue weighted by molar-refractivity contribution is 0.0992. The van der Waals surface area contributed by atoms with Crippen LogP contribution < -0.4 is 20.9 Å². The predicted octanol–water partition coefficient (Wildman–Crippen LogP) is 4.71. The number of thiazole rings is 1. The molecule has 0 saturated heterocycles. The highest BCUT2D eigenvalue weighted by Gasteiger charge is 2.17. The van der Waals surface area contributed by atoms with Crippen molar-refractivity contribution in [2.45, 2.75) is 32.6 Å². The molecule has 3 aromatic rings. The SMILES string of the molecule is CCC(=O)c1sc(N)nc1-c1ccc(OCCCCCOc2ccc(/C(N)=N/O)cc2)cc1. The maximum absolute atomic E-state index is 12.1. The van der Waals surface area contributed by atoms with Crippen molar-refractivity contribution in [1.29, 1.82) is 0 Å². The highest BCUT2D eigenvalue weighted by Crippen LogP contribution is 2.31. The number of hydrogen-bond acceptors (Lipinski definition) is 8. The third-order valence-corrected chi connectivity index (χ3v) is 5.86. The maximum atomic E-state index is 12.1. The van der Waals surface area contributed by atoms with Gasteiger partial charge in [0.2, 0.25) is 0 Å². The zero-order chi connectivity index (χ0) is 23.6. The van der Waals surface area contributed by atoms with Gasteiger partial charge in [0.25, 0.3) is 0 Å². The van der Waals surface area contributed by atoms with Gasteiger partial charge in [0.1, 0.15) is 11.5 Å². The van der Waals surface area contributed by atoms with Gasteiger partial charge in [-0.05, 0) is 67.8 Å². The first-order valence-electron chi connectivity index (χ1n) is 10.7. The minimum absolute atomic E-state index is 0.0429. The summed E-state index contributed by atoms with van der Waals surface area (Å²) in [7, 11) is 0. The molecule has 3 rings (SSSR count). The van der Waals surface area contributed by atoms with E-state index >= 15 is 0 Å². The Morgan fingerprint density at radius 3 is 2.12 bits per heavy atom. The topological polar surface area (TPSA) is 133 Å². The number of amidine groups is 1. The summed E-state index contributed by atoms with van der Waals surface area (Å²) in [6.45, 7) is 3.04. The van der Waals surface area contributed by atoms with Gasteiger partial charge in [0.05, 0.1) is 23.8 Å². The number of ether oxygens (including phenoxy) is 2. The Kier molecular flexibility index (Phi) is 8.65. The van der Waals surface area contributed by atoms with E-state index in [1.54, 1.807) is 24.3 Å². The van der Waals surface area contributed by atoms with E-state index in [4.69, 9.17) is 26.1 Å². The number of nitrogens with two attached hydrogens (primary N) is 2.